The quantitative estimate of drug-likeness (QED) is 0.772. The van der Waals surface area contributed by atoms with E-state index in [4.69, 9.17) is 0 Å². The number of hydrogen-bond donors (Lipinski definition) is 1. The number of carbonyl (C=O) groups is 2. The zero-order valence-electron chi connectivity index (χ0n) is 8.85. The topological polar surface area (TPSA) is 57.6 Å². The summed E-state index contributed by atoms with van der Waals surface area (Å²) in [6.45, 7) is 0.901. The first-order valence-electron chi connectivity index (χ1n) is 5.27. The molecular weight excluding hydrogens is 206 g/mol. The molecule has 16 heavy (non-hydrogen) atoms. The molecule has 0 radical (unpaired) electrons. The normalized spacial score (nSPS) is 16.2. The molecule has 0 aliphatic carbocycles. The molecule has 1 fully saturated rings. The Bertz CT molecular complexity index is 418. The summed E-state index contributed by atoms with van der Waals surface area (Å²) in [6, 6.07) is 6.46. The molecule has 1 aromatic carbocycles. The minimum absolute atomic E-state index is 0.00981. The van der Waals surface area contributed by atoms with Gasteiger partial charge in [0.25, 0.3) is 5.91 Å². The van der Waals surface area contributed by atoms with E-state index in [-0.39, 0.29) is 17.4 Å². The number of rotatable bonds is 1. The van der Waals surface area contributed by atoms with Gasteiger partial charge in [0.1, 0.15) is 11.5 Å². The number of nitrogens with zero attached hydrogens (tertiary/aromatic N) is 1. The third kappa shape index (κ3) is 2.05. The van der Waals surface area contributed by atoms with Crippen LogP contribution in [0.3, 0.4) is 0 Å². The summed E-state index contributed by atoms with van der Waals surface area (Å²) in [5.74, 6) is -0.0173. The van der Waals surface area contributed by atoms with E-state index in [0.717, 1.165) is 0 Å². The first-order chi connectivity index (χ1) is 7.68. The lowest BCUT2D eigenvalue weighted by Gasteiger charge is -2.26. The summed E-state index contributed by atoms with van der Waals surface area (Å²) in [4.78, 5) is 24.6. The van der Waals surface area contributed by atoms with Crippen LogP contribution in [-0.2, 0) is 4.79 Å². The summed E-state index contributed by atoms with van der Waals surface area (Å²) in [5.41, 5.74) is 0.303. The molecule has 4 heteroatoms. The molecule has 2 rings (SSSR count). The smallest absolute Gasteiger partial charge is 0.257 e. The minimum atomic E-state index is -0.203. The molecule has 1 aliphatic rings. The summed E-state index contributed by atoms with van der Waals surface area (Å²) in [5, 5.41) is 9.55. The molecule has 0 aromatic heterocycles. The highest BCUT2D eigenvalue weighted by atomic mass is 16.3. The van der Waals surface area contributed by atoms with Gasteiger partial charge in [-0.25, -0.2) is 0 Å². The number of amides is 1. The van der Waals surface area contributed by atoms with Crippen LogP contribution in [-0.4, -0.2) is 34.8 Å². The molecule has 0 saturated carbocycles. The van der Waals surface area contributed by atoms with Crippen molar-refractivity contribution in [1.29, 1.82) is 0 Å². The molecule has 84 valence electrons. The van der Waals surface area contributed by atoms with E-state index in [1.165, 1.54) is 6.07 Å². The maximum absolute atomic E-state index is 12.0. The largest absolute Gasteiger partial charge is 0.507 e. The minimum Gasteiger partial charge on any atom is -0.507 e. The zero-order chi connectivity index (χ0) is 11.5. The van der Waals surface area contributed by atoms with E-state index < -0.39 is 0 Å². The lowest BCUT2D eigenvalue weighted by molar-refractivity contribution is -0.120. The van der Waals surface area contributed by atoms with Gasteiger partial charge in [0.2, 0.25) is 0 Å². The molecule has 0 spiro atoms. The number of carbonyl (C=O) groups excluding carboxylic acids is 2. The molecule has 1 amide bonds. The van der Waals surface area contributed by atoms with E-state index in [1.807, 2.05) is 0 Å². The van der Waals surface area contributed by atoms with Crippen LogP contribution in [0.4, 0.5) is 0 Å². The highest BCUT2D eigenvalue weighted by Crippen LogP contribution is 2.19. The molecular formula is C12H13NO3. The van der Waals surface area contributed by atoms with E-state index >= 15 is 0 Å². The van der Waals surface area contributed by atoms with Gasteiger partial charge in [-0.05, 0) is 12.1 Å². The number of hydrogen-bond acceptors (Lipinski definition) is 3. The van der Waals surface area contributed by atoms with Crippen molar-refractivity contribution in [3.63, 3.8) is 0 Å². The number of likely N-dealkylation sites (tertiary alicyclic amines) is 1. The molecule has 4 nitrogen and oxygen atoms in total. The van der Waals surface area contributed by atoms with Crippen LogP contribution in [0.15, 0.2) is 24.3 Å². The maximum Gasteiger partial charge on any atom is 0.257 e. The Kier molecular flexibility index (Phi) is 2.90. The maximum atomic E-state index is 12.0. The van der Waals surface area contributed by atoms with Crippen LogP contribution >= 0.6 is 0 Å². The van der Waals surface area contributed by atoms with Crippen LogP contribution in [0.25, 0.3) is 0 Å². The molecule has 0 unspecified atom stereocenters. The first kappa shape index (κ1) is 10.7. The van der Waals surface area contributed by atoms with Gasteiger partial charge in [0.05, 0.1) is 5.56 Å². The molecule has 1 N–H and O–H groups in total. The number of aromatic hydroxyl groups is 1. The Hall–Kier alpha value is -1.84. The zero-order valence-corrected chi connectivity index (χ0v) is 8.85. The van der Waals surface area contributed by atoms with Gasteiger partial charge in [-0.2, -0.15) is 0 Å². The number of ketones is 1. The van der Waals surface area contributed by atoms with Crippen LogP contribution in [0.5, 0.6) is 5.75 Å². The fraction of sp³-hybridized carbons (Fsp3) is 0.333. The van der Waals surface area contributed by atoms with Gasteiger partial charge in [0.15, 0.2) is 0 Å². The average molecular weight is 219 g/mol. The Morgan fingerprint density at radius 3 is 2.44 bits per heavy atom. The van der Waals surface area contributed by atoms with Crippen molar-refractivity contribution in [2.45, 2.75) is 12.8 Å². The SMILES string of the molecule is O=C1CCN(C(=O)c2ccccc2O)CC1. The monoisotopic (exact) mass is 219 g/mol. The summed E-state index contributed by atoms with van der Waals surface area (Å²) in [7, 11) is 0. The molecule has 0 atom stereocenters. The van der Waals surface area contributed by atoms with Crippen LogP contribution in [0.2, 0.25) is 0 Å². The van der Waals surface area contributed by atoms with E-state index in [1.54, 1.807) is 23.1 Å². The highest BCUT2D eigenvalue weighted by Gasteiger charge is 2.23. The van der Waals surface area contributed by atoms with Crippen molar-refractivity contribution >= 4 is 11.7 Å². The predicted molar refractivity (Wildman–Crippen MR) is 58.3 cm³/mol. The number of para-hydroxylation sites is 1. The number of benzene rings is 1. The van der Waals surface area contributed by atoms with Crippen molar-refractivity contribution in [1.82, 2.24) is 4.90 Å². The second kappa shape index (κ2) is 4.35. The standard InChI is InChI=1S/C12H13NO3/c14-9-5-7-13(8-6-9)12(16)10-3-1-2-4-11(10)15/h1-4,15H,5-8H2. The molecule has 0 bridgehead atoms. The molecule has 1 aromatic rings. The van der Waals surface area contributed by atoms with Gasteiger partial charge < -0.3 is 10.0 Å². The van der Waals surface area contributed by atoms with Crippen LogP contribution in [0.1, 0.15) is 23.2 Å². The molecule has 1 saturated heterocycles. The predicted octanol–water partition coefficient (Wildman–Crippen LogP) is 1.20. The number of phenolic OH excluding ortho intramolecular Hbond substituents is 1. The Morgan fingerprint density at radius 2 is 1.81 bits per heavy atom. The van der Waals surface area contributed by atoms with E-state index in [0.29, 0.717) is 31.5 Å². The van der Waals surface area contributed by atoms with Crippen molar-refractivity contribution in [2.24, 2.45) is 0 Å². The van der Waals surface area contributed by atoms with Crippen molar-refractivity contribution in [3.05, 3.63) is 29.8 Å². The van der Waals surface area contributed by atoms with Crippen LogP contribution in [0, 0.1) is 0 Å². The second-order valence-corrected chi connectivity index (χ2v) is 3.85. The highest BCUT2D eigenvalue weighted by molar-refractivity contribution is 5.97. The van der Waals surface area contributed by atoms with Crippen molar-refractivity contribution in [2.75, 3.05) is 13.1 Å². The van der Waals surface area contributed by atoms with E-state index in [9.17, 15) is 14.7 Å². The molecule has 1 aliphatic heterocycles. The number of piperidine rings is 1. The summed E-state index contributed by atoms with van der Waals surface area (Å²) >= 11 is 0. The first-order valence-corrected chi connectivity index (χ1v) is 5.27. The fourth-order valence-corrected chi connectivity index (χ4v) is 1.78. The summed E-state index contributed by atoms with van der Waals surface area (Å²) < 4.78 is 0. The summed E-state index contributed by atoms with van der Waals surface area (Å²) in [6.07, 6.45) is 0.832. The van der Waals surface area contributed by atoms with Gasteiger partial charge in [-0.15, -0.1) is 0 Å². The lowest BCUT2D eigenvalue weighted by atomic mass is 10.1. The third-order valence-electron chi connectivity index (χ3n) is 2.74. The Morgan fingerprint density at radius 1 is 1.19 bits per heavy atom. The number of phenols is 1. The van der Waals surface area contributed by atoms with E-state index in [2.05, 4.69) is 0 Å². The van der Waals surface area contributed by atoms with Crippen molar-refractivity contribution < 1.29 is 14.7 Å². The van der Waals surface area contributed by atoms with Gasteiger partial charge >= 0.3 is 0 Å². The van der Waals surface area contributed by atoms with Gasteiger partial charge in [0, 0.05) is 25.9 Å². The van der Waals surface area contributed by atoms with Crippen molar-refractivity contribution in [3.8, 4) is 5.75 Å². The molecule has 1 heterocycles. The number of Topliss-reactive ketones (excluding diaryl/α,β-unsaturated/α-hetero) is 1. The lowest BCUT2D eigenvalue weighted by Crippen LogP contribution is -2.38. The Labute approximate surface area is 93.5 Å². The second-order valence-electron chi connectivity index (χ2n) is 3.85. The van der Waals surface area contributed by atoms with Gasteiger partial charge in [-0.3, -0.25) is 9.59 Å². The van der Waals surface area contributed by atoms with Crippen LogP contribution < -0.4 is 0 Å². The van der Waals surface area contributed by atoms with Gasteiger partial charge in [-0.1, -0.05) is 12.1 Å². The fourth-order valence-electron chi connectivity index (χ4n) is 1.78. The third-order valence-corrected chi connectivity index (χ3v) is 2.74. The Balaban J connectivity index is 2.14. The average Bonchev–Trinajstić information content (AvgIpc) is 2.30.